The molecule has 3 N–H and O–H groups in total. The smallest absolute Gasteiger partial charge is 0.317 e. The van der Waals surface area contributed by atoms with Crippen LogP contribution in [0.25, 0.3) is 0 Å². The Kier molecular flexibility index (Phi) is 4.94. The molecule has 6 heteroatoms. The Balaban J connectivity index is 2.51. The van der Waals surface area contributed by atoms with Crippen molar-refractivity contribution in [3.05, 3.63) is 12.2 Å². The van der Waals surface area contributed by atoms with Crippen LogP contribution < -0.4 is 5.32 Å². The third kappa shape index (κ3) is 4.90. The number of hydrogen-bond donors (Lipinski definition) is 3. The topological polar surface area (TPSA) is 89.9 Å². The highest BCUT2D eigenvalue weighted by Gasteiger charge is 2.27. The van der Waals surface area contributed by atoms with E-state index in [0.29, 0.717) is 13.0 Å². The van der Waals surface area contributed by atoms with Gasteiger partial charge in [0.05, 0.1) is 24.1 Å². The van der Waals surface area contributed by atoms with Crippen LogP contribution in [0.3, 0.4) is 0 Å². The summed E-state index contributed by atoms with van der Waals surface area (Å²) in [5.41, 5.74) is -0.956. The highest BCUT2D eigenvalue weighted by atomic mass is 16.4. The fourth-order valence-corrected chi connectivity index (χ4v) is 2.03. The van der Waals surface area contributed by atoms with Gasteiger partial charge in [0, 0.05) is 6.54 Å². The summed E-state index contributed by atoms with van der Waals surface area (Å²) in [7, 11) is 0. The second-order valence-electron chi connectivity index (χ2n) is 5.45. The normalized spacial score (nSPS) is 22.3. The van der Waals surface area contributed by atoms with Crippen molar-refractivity contribution < 1.29 is 19.8 Å². The van der Waals surface area contributed by atoms with Crippen LogP contribution in [-0.4, -0.2) is 51.8 Å². The van der Waals surface area contributed by atoms with E-state index >= 15 is 0 Å². The lowest BCUT2D eigenvalue weighted by molar-refractivity contribution is -0.140. The predicted molar refractivity (Wildman–Crippen MR) is 70.7 cm³/mol. The van der Waals surface area contributed by atoms with Crippen LogP contribution in [-0.2, 0) is 4.79 Å². The molecule has 0 saturated carbocycles. The number of carboxylic acid groups (broad SMARTS) is 1. The number of aliphatic carboxylic acids is 1. The summed E-state index contributed by atoms with van der Waals surface area (Å²) in [5.74, 6) is -1.41. The van der Waals surface area contributed by atoms with Crippen LogP contribution in [0.4, 0.5) is 4.79 Å². The Bertz CT molecular complexity index is 373. The monoisotopic (exact) mass is 270 g/mol. The molecule has 0 bridgehead atoms. The summed E-state index contributed by atoms with van der Waals surface area (Å²) in [6, 6.07) is -0.547. The van der Waals surface area contributed by atoms with Gasteiger partial charge in [-0.1, -0.05) is 12.2 Å². The Morgan fingerprint density at radius 2 is 2.05 bits per heavy atom. The van der Waals surface area contributed by atoms with Gasteiger partial charge >= 0.3 is 12.0 Å². The molecule has 0 aromatic carbocycles. The van der Waals surface area contributed by atoms with Gasteiger partial charge in [0.1, 0.15) is 0 Å². The van der Waals surface area contributed by atoms with Crippen LogP contribution in [0, 0.1) is 5.92 Å². The lowest BCUT2D eigenvalue weighted by Gasteiger charge is -2.29. The maximum atomic E-state index is 12.0. The summed E-state index contributed by atoms with van der Waals surface area (Å²) in [4.78, 5) is 24.3. The van der Waals surface area contributed by atoms with Crippen molar-refractivity contribution in [2.75, 3.05) is 13.1 Å². The fraction of sp³-hybridized carbons (Fsp3) is 0.692. The van der Waals surface area contributed by atoms with Gasteiger partial charge in [-0.05, 0) is 27.2 Å². The second-order valence-corrected chi connectivity index (χ2v) is 5.45. The molecule has 2 unspecified atom stereocenters. The molecule has 0 aliphatic heterocycles. The van der Waals surface area contributed by atoms with Gasteiger partial charge in [-0.2, -0.15) is 0 Å². The molecule has 0 fully saturated rings. The molecule has 0 spiro atoms. The third-order valence-electron chi connectivity index (χ3n) is 2.96. The average molecular weight is 270 g/mol. The first-order valence-electron chi connectivity index (χ1n) is 6.42. The standard InChI is InChI=1S/C13H22N2O4/c1-4-15(8-13(2,3)19)12(18)14-10-6-5-9(7-10)11(16)17/h5-6,9-10,19H,4,7-8H2,1-3H3,(H,14,18)(H,16,17). The first kappa shape index (κ1) is 15.5. The Morgan fingerprint density at radius 3 is 2.47 bits per heavy atom. The van der Waals surface area contributed by atoms with Crippen molar-refractivity contribution >= 4 is 12.0 Å². The van der Waals surface area contributed by atoms with Gasteiger partial charge in [-0.3, -0.25) is 4.79 Å². The van der Waals surface area contributed by atoms with Crippen molar-refractivity contribution in [3.63, 3.8) is 0 Å². The molecule has 19 heavy (non-hydrogen) atoms. The molecule has 2 amide bonds. The molecule has 108 valence electrons. The van der Waals surface area contributed by atoms with Crippen molar-refractivity contribution in [1.29, 1.82) is 0 Å². The van der Waals surface area contributed by atoms with Crippen molar-refractivity contribution in [1.82, 2.24) is 10.2 Å². The summed E-state index contributed by atoms with van der Waals surface area (Å²) in [6.07, 6.45) is 3.68. The van der Waals surface area contributed by atoms with Crippen molar-refractivity contribution in [2.24, 2.45) is 5.92 Å². The van der Waals surface area contributed by atoms with Crippen molar-refractivity contribution in [2.45, 2.75) is 38.8 Å². The minimum atomic E-state index is -0.956. The van der Waals surface area contributed by atoms with E-state index in [1.54, 1.807) is 26.0 Å². The number of likely N-dealkylation sites (N-methyl/N-ethyl adjacent to an activating group) is 1. The second kappa shape index (κ2) is 6.06. The zero-order valence-electron chi connectivity index (χ0n) is 11.6. The summed E-state index contributed by atoms with van der Waals surface area (Å²) in [6.45, 7) is 5.82. The quantitative estimate of drug-likeness (QED) is 0.645. The number of hydrogen-bond acceptors (Lipinski definition) is 3. The zero-order chi connectivity index (χ0) is 14.6. The zero-order valence-corrected chi connectivity index (χ0v) is 11.6. The molecule has 0 aromatic heterocycles. The number of nitrogens with zero attached hydrogens (tertiary/aromatic N) is 1. The summed E-state index contributed by atoms with van der Waals surface area (Å²) >= 11 is 0. The largest absolute Gasteiger partial charge is 0.481 e. The minimum Gasteiger partial charge on any atom is -0.481 e. The van der Waals surface area contributed by atoms with Gasteiger partial charge < -0.3 is 20.4 Å². The Hall–Kier alpha value is -1.56. The van der Waals surface area contributed by atoms with Crippen LogP contribution >= 0.6 is 0 Å². The number of nitrogens with one attached hydrogen (secondary N) is 1. The highest BCUT2D eigenvalue weighted by molar-refractivity contribution is 5.76. The number of aliphatic hydroxyl groups is 1. The van der Waals surface area contributed by atoms with Crippen LogP contribution in [0.2, 0.25) is 0 Å². The predicted octanol–water partition coefficient (Wildman–Crippen LogP) is 0.818. The molecule has 0 radical (unpaired) electrons. The van der Waals surface area contributed by atoms with Gasteiger partial charge in [0.2, 0.25) is 0 Å². The van der Waals surface area contributed by atoms with Gasteiger partial charge in [0.25, 0.3) is 0 Å². The summed E-state index contributed by atoms with van der Waals surface area (Å²) < 4.78 is 0. The molecule has 0 heterocycles. The SMILES string of the molecule is CCN(CC(C)(C)O)C(=O)NC1C=CC(C(=O)O)C1. The maximum absolute atomic E-state index is 12.0. The lowest BCUT2D eigenvalue weighted by atomic mass is 10.1. The number of urea groups is 1. The third-order valence-corrected chi connectivity index (χ3v) is 2.96. The molecule has 6 nitrogen and oxygen atoms in total. The molecule has 1 aliphatic carbocycles. The fourth-order valence-electron chi connectivity index (χ4n) is 2.03. The molecule has 1 aliphatic rings. The number of rotatable bonds is 5. The Morgan fingerprint density at radius 1 is 1.42 bits per heavy atom. The van der Waals surface area contributed by atoms with E-state index in [1.165, 1.54) is 4.90 Å². The number of carbonyl (C=O) groups is 2. The van der Waals surface area contributed by atoms with E-state index in [9.17, 15) is 14.7 Å². The van der Waals surface area contributed by atoms with Gasteiger partial charge in [0.15, 0.2) is 0 Å². The van der Waals surface area contributed by atoms with E-state index in [1.807, 2.05) is 6.92 Å². The molecule has 2 atom stereocenters. The van der Waals surface area contributed by atoms with Crippen LogP contribution in [0.1, 0.15) is 27.2 Å². The lowest BCUT2D eigenvalue weighted by Crippen LogP contribution is -2.49. The molecule has 0 saturated heterocycles. The average Bonchev–Trinajstić information content (AvgIpc) is 2.73. The Labute approximate surface area is 113 Å². The number of carboxylic acids is 1. The van der Waals surface area contributed by atoms with Crippen molar-refractivity contribution in [3.8, 4) is 0 Å². The highest BCUT2D eigenvalue weighted by Crippen LogP contribution is 2.18. The van der Waals surface area contributed by atoms with E-state index < -0.39 is 17.5 Å². The molecule has 0 aromatic rings. The van der Waals surface area contributed by atoms with E-state index in [0.717, 1.165) is 0 Å². The van der Waals surface area contributed by atoms with Gasteiger partial charge in [-0.15, -0.1) is 0 Å². The summed E-state index contributed by atoms with van der Waals surface area (Å²) in [5, 5.41) is 21.4. The molecule has 1 rings (SSSR count). The van der Waals surface area contributed by atoms with Gasteiger partial charge in [-0.25, -0.2) is 4.79 Å². The number of carbonyl (C=O) groups excluding carboxylic acids is 1. The molecular weight excluding hydrogens is 248 g/mol. The van der Waals surface area contributed by atoms with Crippen LogP contribution in [0.5, 0.6) is 0 Å². The minimum absolute atomic E-state index is 0.230. The van der Waals surface area contributed by atoms with Crippen LogP contribution in [0.15, 0.2) is 12.2 Å². The van der Waals surface area contributed by atoms with E-state index in [4.69, 9.17) is 5.11 Å². The molecular formula is C13H22N2O4. The maximum Gasteiger partial charge on any atom is 0.317 e. The van der Waals surface area contributed by atoms with E-state index in [-0.39, 0.29) is 18.6 Å². The first-order valence-corrected chi connectivity index (χ1v) is 6.42. The number of amides is 2. The van der Waals surface area contributed by atoms with E-state index in [2.05, 4.69) is 5.32 Å². The first-order chi connectivity index (χ1) is 8.73.